The number of halogens is 3. The summed E-state index contributed by atoms with van der Waals surface area (Å²) in [5.74, 6) is -2.41. The molecule has 0 aliphatic carbocycles. The van der Waals surface area contributed by atoms with Crippen molar-refractivity contribution in [2.24, 2.45) is 5.92 Å². The quantitative estimate of drug-likeness (QED) is 0.723. The van der Waals surface area contributed by atoms with E-state index in [0.29, 0.717) is 6.42 Å². The first-order valence-corrected chi connectivity index (χ1v) is 7.10. The summed E-state index contributed by atoms with van der Waals surface area (Å²) in [7, 11) is 0. The summed E-state index contributed by atoms with van der Waals surface area (Å²) in [4.78, 5) is 23.3. The largest absolute Gasteiger partial charge is 0.418 e. The third-order valence-electron chi connectivity index (χ3n) is 3.46. The van der Waals surface area contributed by atoms with Gasteiger partial charge in [-0.2, -0.15) is 13.2 Å². The molecule has 23 heavy (non-hydrogen) atoms. The van der Waals surface area contributed by atoms with Crippen molar-refractivity contribution in [1.82, 2.24) is 5.32 Å². The molecule has 5 nitrogen and oxygen atoms in total. The van der Waals surface area contributed by atoms with Crippen LogP contribution < -0.4 is 10.6 Å². The molecule has 1 aromatic carbocycles. The van der Waals surface area contributed by atoms with Crippen LogP contribution in [0.2, 0.25) is 0 Å². The van der Waals surface area contributed by atoms with Crippen molar-refractivity contribution in [2.45, 2.75) is 32.5 Å². The number of rotatable bonds is 5. The fraction of sp³-hybridized carbons (Fsp3) is 0.467. The Balaban J connectivity index is 2.68. The van der Waals surface area contributed by atoms with Crippen molar-refractivity contribution < 1.29 is 27.9 Å². The van der Waals surface area contributed by atoms with E-state index in [2.05, 4.69) is 5.32 Å². The van der Waals surface area contributed by atoms with Gasteiger partial charge in [-0.15, -0.1) is 0 Å². The van der Waals surface area contributed by atoms with E-state index in [-0.39, 0.29) is 12.5 Å². The topological polar surface area (TPSA) is 78.4 Å². The molecule has 3 N–H and O–H groups in total. The summed E-state index contributed by atoms with van der Waals surface area (Å²) in [6.07, 6.45) is -4.80. The zero-order valence-electron chi connectivity index (χ0n) is 12.8. The molecule has 0 saturated heterocycles. The van der Waals surface area contributed by atoms with Gasteiger partial charge in [0.15, 0.2) is 0 Å². The first-order valence-electron chi connectivity index (χ1n) is 7.10. The van der Waals surface area contributed by atoms with Crippen LogP contribution >= 0.6 is 0 Å². The molecule has 0 heterocycles. The second kappa shape index (κ2) is 7.96. The Labute approximate surface area is 131 Å². The van der Waals surface area contributed by atoms with Crippen LogP contribution in [0.25, 0.3) is 0 Å². The Hall–Kier alpha value is -2.09. The van der Waals surface area contributed by atoms with Gasteiger partial charge in [0.05, 0.1) is 17.4 Å². The molecule has 0 aliphatic rings. The lowest BCUT2D eigenvalue weighted by atomic mass is 10.0. The molecule has 1 rings (SSSR count). The molecule has 2 amide bonds. The van der Waals surface area contributed by atoms with Crippen LogP contribution in [-0.2, 0) is 15.8 Å². The molecule has 8 heteroatoms. The molecule has 0 bridgehead atoms. The van der Waals surface area contributed by atoms with Gasteiger partial charge >= 0.3 is 18.0 Å². The van der Waals surface area contributed by atoms with Crippen LogP contribution in [0.5, 0.6) is 0 Å². The van der Waals surface area contributed by atoms with Gasteiger partial charge < -0.3 is 15.7 Å². The molecule has 2 unspecified atom stereocenters. The highest BCUT2D eigenvalue weighted by Crippen LogP contribution is 2.34. The minimum Gasteiger partial charge on any atom is -0.391 e. The molecular weight excluding hydrogens is 313 g/mol. The number of aliphatic hydroxyl groups excluding tert-OH is 1. The molecule has 0 spiro atoms. The van der Waals surface area contributed by atoms with Gasteiger partial charge in [0.2, 0.25) is 0 Å². The van der Waals surface area contributed by atoms with E-state index in [1.165, 1.54) is 12.1 Å². The molecular formula is C15H19F3N2O3. The number of amides is 2. The highest BCUT2D eigenvalue weighted by atomic mass is 19.4. The molecule has 0 aromatic heterocycles. The third kappa shape index (κ3) is 5.55. The second-order valence-electron chi connectivity index (χ2n) is 5.16. The van der Waals surface area contributed by atoms with Crippen LogP contribution in [0.1, 0.15) is 25.8 Å². The van der Waals surface area contributed by atoms with Crippen molar-refractivity contribution in [1.29, 1.82) is 0 Å². The fourth-order valence-corrected chi connectivity index (χ4v) is 1.77. The second-order valence-corrected chi connectivity index (χ2v) is 5.16. The third-order valence-corrected chi connectivity index (χ3v) is 3.46. The van der Waals surface area contributed by atoms with E-state index in [0.717, 1.165) is 12.1 Å². The number of hydrogen-bond acceptors (Lipinski definition) is 3. The molecule has 2 atom stereocenters. The minimum atomic E-state index is -4.65. The van der Waals surface area contributed by atoms with E-state index >= 15 is 0 Å². The van der Waals surface area contributed by atoms with Crippen LogP contribution in [0.15, 0.2) is 24.3 Å². The van der Waals surface area contributed by atoms with Crippen molar-refractivity contribution in [3.8, 4) is 0 Å². The highest BCUT2D eigenvalue weighted by molar-refractivity contribution is 6.39. The Morgan fingerprint density at radius 2 is 1.83 bits per heavy atom. The van der Waals surface area contributed by atoms with Gasteiger partial charge in [-0.25, -0.2) is 0 Å². The summed E-state index contributed by atoms with van der Waals surface area (Å²) in [6.45, 7) is 3.48. The van der Waals surface area contributed by atoms with Gasteiger partial charge in [0.1, 0.15) is 0 Å². The zero-order chi connectivity index (χ0) is 17.6. The number of carbonyl (C=O) groups excluding carboxylic acids is 2. The maximum Gasteiger partial charge on any atom is 0.418 e. The van der Waals surface area contributed by atoms with E-state index in [1.54, 1.807) is 6.92 Å². The molecule has 0 fully saturated rings. The van der Waals surface area contributed by atoms with Crippen LogP contribution in [-0.4, -0.2) is 29.6 Å². The average Bonchev–Trinajstić information content (AvgIpc) is 2.50. The Kier molecular flexibility index (Phi) is 6.56. The smallest absolute Gasteiger partial charge is 0.391 e. The zero-order valence-corrected chi connectivity index (χ0v) is 12.8. The first kappa shape index (κ1) is 19.0. The van der Waals surface area contributed by atoms with E-state index in [9.17, 15) is 27.9 Å². The van der Waals surface area contributed by atoms with Crippen molar-refractivity contribution in [2.75, 3.05) is 11.9 Å². The Bertz CT molecular complexity index is 561. The van der Waals surface area contributed by atoms with Crippen molar-refractivity contribution in [3.05, 3.63) is 29.8 Å². The predicted octanol–water partition coefficient (Wildman–Crippen LogP) is 2.17. The number of carbonyl (C=O) groups is 2. The van der Waals surface area contributed by atoms with E-state index < -0.39 is 35.3 Å². The summed E-state index contributed by atoms with van der Waals surface area (Å²) in [5, 5.41) is 13.8. The van der Waals surface area contributed by atoms with Gasteiger partial charge in [-0.3, -0.25) is 9.59 Å². The summed E-state index contributed by atoms with van der Waals surface area (Å²) in [6, 6.07) is 4.36. The van der Waals surface area contributed by atoms with Gasteiger partial charge in [0, 0.05) is 6.54 Å². The molecule has 0 saturated carbocycles. The van der Waals surface area contributed by atoms with Crippen molar-refractivity contribution >= 4 is 17.5 Å². The fourth-order valence-electron chi connectivity index (χ4n) is 1.77. The summed E-state index contributed by atoms with van der Waals surface area (Å²) in [5.41, 5.74) is -1.54. The normalized spacial score (nSPS) is 14.0. The molecule has 0 aliphatic heterocycles. The minimum absolute atomic E-state index is 0.0793. The summed E-state index contributed by atoms with van der Waals surface area (Å²) < 4.78 is 38.4. The predicted molar refractivity (Wildman–Crippen MR) is 78.5 cm³/mol. The number of benzene rings is 1. The lowest BCUT2D eigenvalue weighted by Crippen LogP contribution is -2.41. The number of para-hydroxylation sites is 1. The molecule has 1 aromatic rings. The number of aliphatic hydroxyl groups is 1. The number of nitrogens with one attached hydrogen (secondary N) is 2. The van der Waals surface area contributed by atoms with Crippen molar-refractivity contribution in [3.63, 3.8) is 0 Å². The van der Waals surface area contributed by atoms with Gasteiger partial charge in [0.25, 0.3) is 0 Å². The van der Waals surface area contributed by atoms with Gasteiger partial charge in [-0.1, -0.05) is 32.4 Å². The van der Waals surface area contributed by atoms with E-state index in [1.807, 2.05) is 12.2 Å². The van der Waals surface area contributed by atoms with Crippen LogP contribution in [0.4, 0.5) is 18.9 Å². The van der Waals surface area contributed by atoms with Crippen LogP contribution in [0, 0.1) is 5.92 Å². The Morgan fingerprint density at radius 3 is 2.39 bits per heavy atom. The maximum absolute atomic E-state index is 12.8. The standard InChI is InChI=1S/C15H19F3N2O3/c1-3-9(2)12(21)8-19-13(22)14(23)20-11-7-5-4-6-10(11)15(16,17)18/h4-7,9,12,21H,3,8H2,1-2H3,(H,19,22)(H,20,23). The van der Waals surface area contributed by atoms with E-state index in [4.69, 9.17) is 0 Å². The SMILES string of the molecule is CCC(C)C(O)CNC(=O)C(=O)Nc1ccccc1C(F)(F)F. The highest BCUT2D eigenvalue weighted by Gasteiger charge is 2.34. The monoisotopic (exact) mass is 332 g/mol. The lowest BCUT2D eigenvalue weighted by Gasteiger charge is -2.17. The molecule has 0 radical (unpaired) electrons. The van der Waals surface area contributed by atoms with Crippen LogP contribution in [0.3, 0.4) is 0 Å². The number of anilines is 1. The molecule has 128 valence electrons. The average molecular weight is 332 g/mol. The first-order chi connectivity index (χ1) is 10.7. The Morgan fingerprint density at radius 1 is 1.22 bits per heavy atom. The van der Waals surface area contributed by atoms with Gasteiger partial charge in [-0.05, 0) is 18.1 Å². The lowest BCUT2D eigenvalue weighted by molar-refractivity contribution is -0.138. The number of alkyl halides is 3. The number of hydrogen-bond donors (Lipinski definition) is 3. The summed E-state index contributed by atoms with van der Waals surface area (Å²) >= 11 is 0. The maximum atomic E-state index is 12.8.